The van der Waals surface area contributed by atoms with Crippen LogP contribution in [-0.2, 0) is 10.0 Å². The zero-order valence-electron chi connectivity index (χ0n) is 14.6. The largest absolute Gasteiger partial charge is 0.243 e. The number of hydrogen-bond donors (Lipinski definition) is 0. The van der Waals surface area contributed by atoms with E-state index in [0.29, 0.717) is 18.0 Å². The zero-order chi connectivity index (χ0) is 18.0. The molecule has 1 fully saturated rings. The summed E-state index contributed by atoms with van der Waals surface area (Å²) < 4.78 is 27.5. The highest BCUT2D eigenvalue weighted by atomic mass is 32.2. The number of benzene rings is 2. The van der Waals surface area contributed by atoms with Gasteiger partial charge in [0.25, 0.3) is 0 Å². The Hall–Kier alpha value is -2.17. The summed E-state index contributed by atoms with van der Waals surface area (Å²) in [6.07, 6.45) is 2.09. The summed E-state index contributed by atoms with van der Waals surface area (Å²) in [5, 5.41) is 0. The van der Waals surface area contributed by atoms with Gasteiger partial charge >= 0.3 is 0 Å². The van der Waals surface area contributed by atoms with Crippen LogP contribution in [-0.4, -0.2) is 25.8 Å². The number of nitrogens with zero attached hydrogens (tertiary/aromatic N) is 1. The molecular formula is C21H23NO2S. The minimum Gasteiger partial charge on any atom is -0.207 e. The van der Waals surface area contributed by atoms with Gasteiger partial charge in [0.2, 0.25) is 10.0 Å². The van der Waals surface area contributed by atoms with Gasteiger partial charge in [-0.05, 0) is 37.1 Å². The van der Waals surface area contributed by atoms with Gasteiger partial charge in [0.05, 0.1) is 4.90 Å². The van der Waals surface area contributed by atoms with Crippen LogP contribution in [0.2, 0.25) is 0 Å². The average Bonchev–Trinajstić information content (AvgIpc) is 3.01. The lowest BCUT2D eigenvalue weighted by atomic mass is 9.94. The summed E-state index contributed by atoms with van der Waals surface area (Å²) in [6.45, 7) is 8.83. The average molecular weight is 353 g/mol. The Bertz CT molecular complexity index is 897. The van der Waals surface area contributed by atoms with Gasteiger partial charge in [-0.2, -0.15) is 4.31 Å². The molecule has 1 heterocycles. The van der Waals surface area contributed by atoms with Crippen molar-refractivity contribution in [3.8, 4) is 0 Å². The number of sulfonamides is 1. The standard InChI is InChI=1S/C21H23NO2S/c1-16(2)21-15-22(14-19(21)13-18-7-5-4-6-8-18)25(23,24)20-11-9-17(3)10-12-20/h4-13,21H,1,14-15H2,2-3H3/b19-13+/t21-/m1/s1. The summed E-state index contributed by atoms with van der Waals surface area (Å²) in [5.74, 6) is 0.0560. The molecule has 0 bridgehead atoms. The molecular weight excluding hydrogens is 330 g/mol. The molecule has 130 valence electrons. The van der Waals surface area contributed by atoms with Crippen molar-refractivity contribution in [2.45, 2.75) is 18.7 Å². The second kappa shape index (κ2) is 6.98. The molecule has 0 aromatic heterocycles. The quantitative estimate of drug-likeness (QED) is 0.770. The number of hydrogen-bond acceptors (Lipinski definition) is 2. The fourth-order valence-corrected chi connectivity index (χ4v) is 4.57. The summed E-state index contributed by atoms with van der Waals surface area (Å²) in [6, 6.07) is 17.0. The smallest absolute Gasteiger partial charge is 0.207 e. The molecule has 0 saturated carbocycles. The first-order valence-electron chi connectivity index (χ1n) is 8.35. The Labute approximate surface area is 150 Å². The maximum Gasteiger partial charge on any atom is 0.243 e. The molecule has 0 aliphatic carbocycles. The third-order valence-electron chi connectivity index (χ3n) is 4.60. The van der Waals surface area contributed by atoms with Crippen LogP contribution < -0.4 is 0 Å². The van der Waals surface area contributed by atoms with Crippen LogP contribution >= 0.6 is 0 Å². The van der Waals surface area contributed by atoms with Crippen LogP contribution in [0.25, 0.3) is 6.08 Å². The van der Waals surface area contributed by atoms with Crippen molar-refractivity contribution in [1.29, 1.82) is 0 Å². The predicted octanol–water partition coefficient (Wildman–Crippen LogP) is 4.28. The maximum atomic E-state index is 13.0. The van der Waals surface area contributed by atoms with Crippen molar-refractivity contribution >= 4 is 16.1 Å². The Kier molecular flexibility index (Phi) is 4.93. The van der Waals surface area contributed by atoms with Gasteiger partial charge in [0.1, 0.15) is 0 Å². The molecule has 25 heavy (non-hydrogen) atoms. The van der Waals surface area contributed by atoms with Gasteiger partial charge in [-0.1, -0.05) is 66.3 Å². The molecule has 3 nitrogen and oxygen atoms in total. The maximum absolute atomic E-state index is 13.0. The van der Waals surface area contributed by atoms with Crippen molar-refractivity contribution in [2.24, 2.45) is 5.92 Å². The summed E-state index contributed by atoms with van der Waals surface area (Å²) >= 11 is 0. The first-order valence-corrected chi connectivity index (χ1v) is 9.79. The Balaban J connectivity index is 1.93. The lowest BCUT2D eigenvalue weighted by Gasteiger charge is -2.16. The first kappa shape index (κ1) is 17.6. The van der Waals surface area contributed by atoms with Crippen molar-refractivity contribution < 1.29 is 8.42 Å². The molecule has 0 radical (unpaired) electrons. The van der Waals surface area contributed by atoms with Crippen LogP contribution in [0.15, 0.2) is 77.2 Å². The molecule has 2 aromatic carbocycles. The van der Waals surface area contributed by atoms with Gasteiger partial charge < -0.3 is 0 Å². The summed E-state index contributed by atoms with van der Waals surface area (Å²) in [4.78, 5) is 0.347. The lowest BCUT2D eigenvalue weighted by Crippen LogP contribution is -2.29. The molecule has 0 amide bonds. The fraction of sp³-hybridized carbons (Fsp3) is 0.238. The van der Waals surface area contributed by atoms with Gasteiger partial charge in [-0.15, -0.1) is 0 Å². The molecule has 4 heteroatoms. The highest BCUT2D eigenvalue weighted by molar-refractivity contribution is 7.89. The molecule has 3 rings (SSSR count). The highest BCUT2D eigenvalue weighted by Gasteiger charge is 2.35. The van der Waals surface area contributed by atoms with E-state index in [1.165, 1.54) is 0 Å². The van der Waals surface area contributed by atoms with E-state index in [1.807, 2.05) is 56.3 Å². The topological polar surface area (TPSA) is 37.4 Å². The molecule has 1 aliphatic heterocycles. The number of aryl methyl sites for hydroxylation is 1. The van der Waals surface area contributed by atoms with E-state index in [1.54, 1.807) is 16.4 Å². The SMILES string of the molecule is C=C(C)[C@H]1CN(S(=O)(=O)c2ccc(C)cc2)C/C1=C\c1ccccc1. The van der Waals surface area contributed by atoms with Crippen molar-refractivity contribution in [3.63, 3.8) is 0 Å². The molecule has 1 saturated heterocycles. The van der Waals surface area contributed by atoms with Gasteiger partial charge in [-0.25, -0.2) is 8.42 Å². The third kappa shape index (κ3) is 3.75. The van der Waals surface area contributed by atoms with Crippen molar-refractivity contribution in [3.05, 3.63) is 83.4 Å². The van der Waals surface area contributed by atoms with E-state index in [2.05, 4.69) is 12.7 Å². The van der Waals surface area contributed by atoms with Crippen LogP contribution in [0, 0.1) is 12.8 Å². The zero-order valence-corrected chi connectivity index (χ0v) is 15.5. The van der Waals surface area contributed by atoms with E-state index < -0.39 is 10.0 Å². The molecule has 0 unspecified atom stereocenters. The van der Waals surface area contributed by atoms with E-state index >= 15 is 0 Å². The Morgan fingerprint density at radius 2 is 1.76 bits per heavy atom. The minimum atomic E-state index is -3.50. The second-order valence-corrected chi connectivity index (χ2v) is 8.58. The normalized spacial score (nSPS) is 20.1. The predicted molar refractivity (Wildman–Crippen MR) is 103 cm³/mol. The van der Waals surface area contributed by atoms with E-state index in [0.717, 1.165) is 22.3 Å². The van der Waals surface area contributed by atoms with Crippen LogP contribution in [0.3, 0.4) is 0 Å². The van der Waals surface area contributed by atoms with Gasteiger partial charge in [-0.3, -0.25) is 0 Å². The van der Waals surface area contributed by atoms with Gasteiger partial charge in [0, 0.05) is 19.0 Å². The fourth-order valence-electron chi connectivity index (χ4n) is 3.12. The van der Waals surface area contributed by atoms with Crippen molar-refractivity contribution in [1.82, 2.24) is 4.31 Å². The number of rotatable bonds is 4. The molecule has 1 atom stereocenters. The van der Waals surface area contributed by atoms with Crippen molar-refractivity contribution in [2.75, 3.05) is 13.1 Å². The Morgan fingerprint density at radius 3 is 2.36 bits per heavy atom. The summed E-state index contributed by atoms with van der Waals surface area (Å²) in [5.41, 5.74) is 4.21. The lowest BCUT2D eigenvalue weighted by molar-refractivity contribution is 0.468. The molecule has 0 N–H and O–H groups in total. The minimum absolute atomic E-state index is 0.0560. The second-order valence-electron chi connectivity index (χ2n) is 6.64. The first-order chi connectivity index (χ1) is 11.9. The van der Waals surface area contributed by atoms with Crippen LogP contribution in [0.5, 0.6) is 0 Å². The molecule has 0 spiro atoms. The van der Waals surface area contributed by atoms with Crippen LogP contribution in [0.4, 0.5) is 0 Å². The van der Waals surface area contributed by atoms with Gasteiger partial charge in [0.15, 0.2) is 0 Å². The monoisotopic (exact) mass is 353 g/mol. The molecule has 2 aromatic rings. The summed E-state index contributed by atoms with van der Waals surface area (Å²) in [7, 11) is -3.50. The highest BCUT2D eigenvalue weighted by Crippen LogP contribution is 2.33. The Morgan fingerprint density at radius 1 is 1.12 bits per heavy atom. The third-order valence-corrected chi connectivity index (χ3v) is 6.42. The van der Waals surface area contributed by atoms with E-state index in [9.17, 15) is 8.42 Å². The molecule has 1 aliphatic rings. The van der Waals surface area contributed by atoms with E-state index in [4.69, 9.17) is 0 Å². The van der Waals surface area contributed by atoms with E-state index in [-0.39, 0.29) is 5.92 Å². The van der Waals surface area contributed by atoms with Crippen LogP contribution in [0.1, 0.15) is 18.1 Å².